The summed E-state index contributed by atoms with van der Waals surface area (Å²) in [5, 5.41) is 8.07. The second-order valence-electron chi connectivity index (χ2n) is 4.36. The van der Waals surface area contributed by atoms with E-state index in [2.05, 4.69) is 75.9 Å². The zero-order valence-electron chi connectivity index (χ0n) is 10.5. The number of benzene rings is 1. The van der Waals surface area contributed by atoms with E-state index in [1.54, 1.807) is 11.3 Å². The standard InChI is InChI=1S/C15H18INS/c1-2-8-17-15(10-12-7-9-18-11-12)13-5-3-4-6-14(13)16/h3-7,9,11,15,17H,2,8,10H2,1H3. The van der Waals surface area contributed by atoms with Gasteiger partial charge in [0.05, 0.1) is 0 Å². The van der Waals surface area contributed by atoms with Crippen molar-refractivity contribution in [3.63, 3.8) is 0 Å². The molecule has 0 saturated carbocycles. The number of thiophene rings is 1. The van der Waals surface area contributed by atoms with Crippen LogP contribution in [0.4, 0.5) is 0 Å². The SMILES string of the molecule is CCCNC(Cc1ccsc1)c1ccccc1I. The quantitative estimate of drug-likeness (QED) is 0.730. The smallest absolute Gasteiger partial charge is 0.0371 e. The molecule has 0 fully saturated rings. The van der Waals surface area contributed by atoms with Crippen LogP contribution in [0.25, 0.3) is 0 Å². The van der Waals surface area contributed by atoms with Gasteiger partial charge in [-0.2, -0.15) is 11.3 Å². The Morgan fingerprint density at radius 2 is 2.11 bits per heavy atom. The fourth-order valence-electron chi connectivity index (χ4n) is 2.01. The van der Waals surface area contributed by atoms with Gasteiger partial charge in [-0.15, -0.1) is 0 Å². The lowest BCUT2D eigenvalue weighted by molar-refractivity contribution is 0.528. The molecule has 3 heteroatoms. The van der Waals surface area contributed by atoms with Crippen molar-refractivity contribution in [2.45, 2.75) is 25.8 Å². The Morgan fingerprint density at radius 1 is 1.28 bits per heavy atom. The van der Waals surface area contributed by atoms with Gasteiger partial charge in [-0.3, -0.25) is 0 Å². The van der Waals surface area contributed by atoms with Gasteiger partial charge in [0.15, 0.2) is 0 Å². The Hall–Kier alpha value is -0.390. The minimum Gasteiger partial charge on any atom is -0.310 e. The van der Waals surface area contributed by atoms with E-state index in [0.717, 1.165) is 13.0 Å². The molecule has 1 aromatic carbocycles. The second kappa shape index (κ2) is 7.26. The first-order valence-electron chi connectivity index (χ1n) is 6.30. The molecule has 1 aromatic heterocycles. The van der Waals surface area contributed by atoms with Crippen molar-refractivity contribution in [2.24, 2.45) is 0 Å². The monoisotopic (exact) mass is 371 g/mol. The van der Waals surface area contributed by atoms with Crippen molar-refractivity contribution < 1.29 is 0 Å². The molecule has 0 saturated heterocycles. The van der Waals surface area contributed by atoms with Crippen molar-refractivity contribution in [1.82, 2.24) is 5.32 Å². The molecular formula is C15H18INS. The van der Waals surface area contributed by atoms with Crippen LogP contribution in [0.15, 0.2) is 41.1 Å². The normalized spacial score (nSPS) is 12.6. The highest BCUT2D eigenvalue weighted by Crippen LogP contribution is 2.24. The van der Waals surface area contributed by atoms with Crippen molar-refractivity contribution in [3.8, 4) is 0 Å². The first-order chi connectivity index (χ1) is 8.81. The minimum absolute atomic E-state index is 0.424. The molecular weight excluding hydrogens is 353 g/mol. The maximum atomic E-state index is 3.66. The third-order valence-corrected chi connectivity index (χ3v) is 4.66. The lowest BCUT2D eigenvalue weighted by Gasteiger charge is -2.20. The number of halogens is 1. The van der Waals surface area contributed by atoms with Crippen LogP contribution in [0.2, 0.25) is 0 Å². The van der Waals surface area contributed by atoms with Crippen LogP contribution in [0.3, 0.4) is 0 Å². The van der Waals surface area contributed by atoms with Gasteiger partial charge in [-0.1, -0.05) is 25.1 Å². The van der Waals surface area contributed by atoms with Crippen LogP contribution >= 0.6 is 33.9 Å². The zero-order chi connectivity index (χ0) is 12.8. The molecule has 0 aliphatic rings. The van der Waals surface area contributed by atoms with Crippen molar-refractivity contribution in [2.75, 3.05) is 6.54 Å². The summed E-state index contributed by atoms with van der Waals surface area (Å²) in [6.07, 6.45) is 2.24. The molecule has 96 valence electrons. The highest BCUT2D eigenvalue weighted by molar-refractivity contribution is 14.1. The lowest BCUT2D eigenvalue weighted by Crippen LogP contribution is -2.24. The van der Waals surface area contributed by atoms with Crippen LogP contribution in [0.1, 0.15) is 30.5 Å². The van der Waals surface area contributed by atoms with E-state index < -0.39 is 0 Å². The maximum Gasteiger partial charge on any atom is 0.0371 e. The van der Waals surface area contributed by atoms with E-state index in [9.17, 15) is 0 Å². The Bertz CT molecular complexity index is 467. The molecule has 1 heterocycles. The largest absolute Gasteiger partial charge is 0.310 e. The predicted molar refractivity (Wildman–Crippen MR) is 88.2 cm³/mol. The molecule has 1 N–H and O–H groups in total. The van der Waals surface area contributed by atoms with Crippen molar-refractivity contribution in [1.29, 1.82) is 0 Å². The van der Waals surface area contributed by atoms with E-state index in [-0.39, 0.29) is 0 Å². The average Bonchev–Trinajstić information content (AvgIpc) is 2.88. The fourth-order valence-corrected chi connectivity index (χ4v) is 3.46. The summed E-state index contributed by atoms with van der Waals surface area (Å²) in [7, 11) is 0. The van der Waals surface area contributed by atoms with Gasteiger partial charge in [0, 0.05) is 9.61 Å². The van der Waals surface area contributed by atoms with E-state index in [1.165, 1.54) is 21.1 Å². The minimum atomic E-state index is 0.424. The topological polar surface area (TPSA) is 12.0 Å². The van der Waals surface area contributed by atoms with Gasteiger partial charge in [0.1, 0.15) is 0 Å². The van der Waals surface area contributed by atoms with E-state index >= 15 is 0 Å². The van der Waals surface area contributed by atoms with Gasteiger partial charge >= 0.3 is 0 Å². The lowest BCUT2D eigenvalue weighted by atomic mass is 10.0. The fraction of sp³-hybridized carbons (Fsp3) is 0.333. The molecule has 18 heavy (non-hydrogen) atoms. The van der Waals surface area contributed by atoms with Crippen LogP contribution in [-0.4, -0.2) is 6.54 Å². The molecule has 0 aliphatic carbocycles. The van der Waals surface area contributed by atoms with Gasteiger partial charge in [-0.05, 0) is 76.0 Å². The Balaban J connectivity index is 2.16. The van der Waals surface area contributed by atoms with Gasteiger partial charge in [-0.25, -0.2) is 0 Å². The van der Waals surface area contributed by atoms with Crippen LogP contribution in [-0.2, 0) is 6.42 Å². The summed E-state index contributed by atoms with van der Waals surface area (Å²) in [5.41, 5.74) is 2.84. The Kier molecular flexibility index (Phi) is 5.66. The molecule has 0 aliphatic heterocycles. The third kappa shape index (κ3) is 3.80. The first-order valence-corrected chi connectivity index (χ1v) is 8.32. The second-order valence-corrected chi connectivity index (χ2v) is 6.31. The molecule has 2 rings (SSSR count). The van der Waals surface area contributed by atoms with Gasteiger partial charge < -0.3 is 5.32 Å². The van der Waals surface area contributed by atoms with Crippen LogP contribution < -0.4 is 5.32 Å². The van der Waals surface area contributed by atoms with E-state index in [0.29, 0.717) is 6.04 Å². The third-order valence-electron chi connectivity index (χ3n) is 2.94. The first kappa shape index (κ1) is 14.0. The number of hydrogen-bond acceptors (Lipinski definition) is 2. The summed E-state index contributed by atoms with van der Waals surface area (Å²) >= 11 is 4.21. The van der Waals surface area contributed by atoms with E-state index in [4.69, 9.17) is 0 Å². The summed E-state index contributed by atoms with van der Waals surface area (Å²) in [5.74, 6) is 0. The summed E-state index contributed by atoms with van der Waals surface area (Å²) in [6, 6.07) is 11.3. The highest BCUT2D eigenvalue weighted by Gasteiger charge is 2.14. The van der Waals surface area contributed by atoms with Gasteiger partial charge in [0.25, 0.3) is 0 Å². The summed E-state index contributed by atoms with van der Waals surface area (Å²) in [6.45, 7) is 3.28. The average molecular weight is 371 g/mol. The summed E-state index contributed by atoms with van der Waals surface area (Å²) in [4.78, 5) is 0. The number of nitrogens with one attached hydrogen (secondary N) is 1. The Labute approximate surface area is 127 Å². The molecule has 0 radical (unpaired) electrons. The Morgan fingerprint density at radius 3 is 2.78 bits per heavy atom. The number of hydrogen-bond donors (Lipinski definition) is 1. The molecule has 1 nitrogen and oxygen atoms in total. The molecule has 0 amide bonds. The van der Waals surface area contributed by atoms with Crippen LogP contribution in [0.5, 0.6) is 0 Å². The molecule has 1 unspecified atom stereocenters. The predicted octanol–water partition coefficient (Wildman–Crippen LogP) is 4.64. The summed E-state index contributed by atoms with van der Waals surface area (Å²) < 4.78 is 1.35. The zero-order valence-corrected chi connectivity index (χ0v) is 13.5. The maximum absolute atomic E-state index is 3.66. The van der Waals surface area contributed by atoms with Crippen LogP contribution in [0, 0.1) is 3.57 Å². The molecule has 1 atom stereocenters. The van der Waals surface area contributed by atoms with Gasteiger partial charge in [0.2, 0.25) is 0 Å². The molecule has 2 aromatic rings. The molecule has 0 bridgehead atoms. The van der Waals surface area contributed by atoms with Crippen molar-refractivity contribution >= 4 is 33.9 Å². The van der Waals surface area contributed by atoms with E-state index in [1.807, 2.05) is 0 Å². The van der Waals surface area contributed by atoms with Crippen molar-refractivity contribution in [3.05, 3.63) is 55.8 Å². The number of rotatable bonds is 6. The highest BCUT2D eigenvalue weighted by atomic mass is 127. The molecule has 0 spiro atoms.